The van der Waals surface area contributed by atoms with Gasteiger partial charge in [-0.05, 0) is 24.1 Å². The third-order valence-corrected chi connectivity index (χ3v) is 3.41. The smallest absolute Gasteiger partial charge is 0.123 e. The van der Waals surface area contributed by atoms with Crippen molar-refractivity contribution in [2.24, 2.45) is 0 Å². The van der Waals surface area contributed by atoms with Crippen molar-refractivity contribution in [1.82, 2.24) is 5.32 Å². The minimum atomic E-state index is 0.575. The van der Waals surface area contributed by atoms with Crippen molar-refractivity contribution in [2.45, 2.75) is 20.0 Å². The average Bonchev–Trinajstić information content (AvgIpc) is 2.51. The number of para-hydroxylation sites is 1. The van der Waals surface area contributed by atoms with Crippen molar-refractivity contribution < 1.29 is 9.47 Å². The van der Waals surface area contributed by atoms with Gasteiger partial charge in [-0.25, -0.2) is 0 Å². The fourth-order valence-electron chi connectivity index (χ4n) is 2.17. The van der Waals surface area contributed by atoms with Gasteiger partial charge in [0.2, 0.25) is 0 Å². The van der Waals surface area contributed by atoms with Gasteiger partial charge in [-0.3, -0.25) is 0 Å². The highest BCUT2D eigenvalue weighted by molar-refractivity contribution is 5.33. The van der Waals surface area contributed by atoms with Crippen LogP contribution in [-0.4, -0.2) is 20.3 Å². The number of rotatable bonds is 8. The molecule has 3 heteroatoms. The highest BCUT2D eigenvalue weighted by atomic mass is 16.5. The number of nitrogens with one attached hydrogen (secondary N) is 1. The van der Waals surface area contributed by atoms with Crippen LogP contribution in [0.15, 0.2) is 48.5 Å². The molecule has 2 aromatic carbocycles. The molecule has 0 radical (unpaired) electrons. The molecule has 0 aliphatic heterocycles. The van der Waals surface area contributed by atoms with Gasteiger partial charge in [0, 0.05) is 25.8 Å². The second-order valence-electron chi connectivity index (χ2n) is 4.98. The first-order chi connectivity index (χ1) is 10.3. The largest absolute Gasteiger partial charge is 0.491 e. The van der Waals surface area contributed by atoms with Crippen LogP contribution < -0.4 is 10.1 Å². The second-order valence-corrected chi connectivity index (χ2v) is 4.98. The lowest BCUT2D eigenvalue weighted by atomic mass is 10.1. The van der Waals surface area contributed by atoms with Crippen LogP contribution >= 0.6 is 0 Å². The van der Waals surface area contributed by atoms with E-state index in [-0.39, 0.29) is 0 Å². The Morgan fingerprint density at radius 3 is 2.29 bits per heavy atom. The Kier molecular flexibility index (Phi) is 6.25. The molecule has 1 N–H and O–H groups in total. The SMILES string of the molecule is COCCOc1ccccc1CNCc1ccccc1C. The molecule has 0 atom stereocenters. The van der Waals surface area contributed by atoms with E-state index >= 15 is 0 Å². The third kappa shape index (κ3) is 4.88. The summed E-state index contributed by atoms with van der Waals surface area (Å²) >= 11 is 0. The maximum Gasteiger partial charge on any atom is 0.123 e. The Morgan fingerprint density at radius 2 is 1.52 bits per heavy atom. The van der Waals surface area contributed by atoms with Gasteiger partial charge in [-0.1, -0.05) is 42.5 Å². The summed E-state index contributed by atoms with van der Waals surface area (Å²) < 4.78 is 10.8. The van der Waals surface area contributed by atoms with E-state index in [1.54, 1.807) is 7.11 Å². The molecule has 3 nitrogen and oxygen atoms in total. The molecule has 0 bridgehead atoms. The predicted octanol–water partition coefficient (Wildman–Crippen LogP) is 3.31. The van der Waals surface area contributed by atoms with E-state index in [0.29, 0.717) is 13.2 Å². The van der Waals surface area contributed by atoms with Crippen molar-refractivity contribution in [3.05, 3.63) is 65.2 Å². The molecular weight excluding hydrogens is 262 g/mol. The van der Waals surface area contributed by atoms with E-state index in [0.717, 1.165) is 18.8 Å². The summed E-state index contributed by atoms with van der Waals surface area (Å²) in [5, 5.41) is 3.48. The standard InChI is InChI=1S/C18H23NO2/c1-15-7-3-4-8-16(15)13-19-14-17-9-5-6-10-18(17)21-12-11-20-2/h3-10,19H,11-14H2,1-2H3. The van der Waals surface area contributed by atoms with Crippen molar-refractivity contribution in [3.8, 4) is 5.75 Å². The summed E-state index contributed by atoms with van der Waals surface area (Å²) in [5.41, 5.74) is 3.81. The summed E-state index contributed by atoms with van der Waals surface area (Å²) in [4.78, 5) is 0. The summed E-state index contributed by atoms with van der Waals surface area (Å²) in [7, 11) is 1.68. The molecular formula is C18H23NO2. The zero-order valence-electron chi connectivity index (χ0n) is 12.8. The monoisotopic (exact) mass is 285 g/mol. The quantitative estimate of drug-likeness (QED) is 0.755. The molecule has 21 heavy (non-hydrogen) atoms. The van der Waals surface area contributed by atoms with Crippen LogP contribution in [0.4, 0.5) is 0 Å². The first kappa shape index (κ1) is 15.5. The van der Waals surface area contributed by atoms with Crippen LogP contribution in [0.3, 0.4) is 0 Å². The summed E-state index contributed by atoms with van der Waals surface area (Å²) in [6.45, 7) is 4.96. The predicted molar refractivity (Wildman–Crippen MR) is 85.5 cm³/mol. The Balaban J connectivity index is 1.89. The maximum atomic E-state index is 5.74. The maximum absolute atomic E-state index is 5.74. The number of ether oxygens (including phenoxy) is 2. The fraction of sp³-hybridized carbons (Fsp3) is 0.333. The molecule has 0 saturated carbocycles. The molecule has 2 rings (SSSR count). The lowest BCUT2D eigenvalue weighted by molar-refractivity contribution is 0.145. The molecule has 2 aromatic rings. The number of benzene rings is 2. The first-order valence-corrected chi connectivity index (χ1v) is 7.26. The zero-order chi connectivity index (χ0) is 14.9. The normalized spacial score (nSPS) is 10.6. The van der Waals surface area contributed by atoms with E-state index in [2.05, 4.69) is 42.6 Å². The van der Waals surface area contributed by atoms with Crippen molar-refractivity contribution in [2.75, 3.05) is 20.3 Å². The highest BCUT2D eigenvalue weighted by Crippen LogP contribution is 2.18. The lowest BCUT2D eigenvalue weighted by Gasteiger charge is -2.12. The van der Waals surface area contributed by atoms with Crippen molar-refractivity contribution >= 4 is 0 Å². The Bertz CT molecular complexity index is 554. The Hall–Kier alpha value is -1.84. The van der Waals surface area contributed by atoms with Gasteiger partial charge in [0.1, 0.15) is 12.4 Å². The molecule has 0 aliphatic carbocycles. The molecule has 112 valence electrons. The number of hydrogen-bond donors (Lipinski definition) is 1. The molecule has 0 saturated heterocycles. The van der Waals surface area contributed by atoms with Crippen molar-refractivity contribution in [3.63, 3.8) is 0 Å². The number of hydrogen-bond acceptors (Lipinski definition) is 3. The van der Waals surface area contributed by atoms with Gasteiger partial charge in [-0.15, -0.1) is 0 Å². The number of aryl methyl sites for hydroxylation is 1. The van der Waals surface area contributed by atoms with Crippen LogP contribution in [0.25, 0.3) is 0 Å². The van der Waals surface area contributed by atoms with Crippen LogP contribution in [-0.2, 0) is 17.8 Å². The number of methoxy groups -OCH3 is 1. The van der Waals surface area contributed by atoms with E-state index in [1.165, 1.54) is 16.7 Å². The Morgan fingerprint density at radius 1 is 0.857 bits per heavy atom. The molecule has 0 heterocycles. The average molecular weight is 285 g/mol. The minimum Gasteiger partial charge on any atom is -0.491 e. The minimum absolute atomic E-state index is 0.575. The zero-order valence-corrected chi connectivity index (χ0v) is 12.8. The van der Waals surface area contributed by atoms with E-state index in [9.17, 15) is 0 Å². The molecule has 0 fully saturated rings. The van der Waals surface area contributed by atoms with Gasteiger partial charge in [-0.2, -0.15) is 0 Å². The second kappa shape index (κ2) is 8.45. The summed E-state index contributed by atoms with van der Waals surface area (Å²) in [6, 6.07) is 16.6. The Labute approximate surface area is 126 Å². The molecule has 0 aliphatic rings. The van der Waals surface area contributed by atoms with Gasteiger partial charge < -0.3 is 14.8 Å². The van der Waals surface area contributed by atoms with Gasteiger partial charge >= 0.3 is 0 Å². The molecule has 0 spiro atoms. The topological polar surface area (TPSA) is 30.5 Å². The molecule has 0 aromatic heterocycles. The summed E-state index contributed by atoms with van der Waals surface area (Å²) in [5.74, 6) is 0.923. The van der Waals surface area contributed by atoms with E-state index in [4.69, 9.17) is 9.47 Å². The van der Waals surface area contributed by atoms with Gasteiger partial charge in [0.25, 0.3) is 0 Å². The third-order valence-electron chi connectivity index (χ3n) is 3.41. The summed E-state index contributed by atoms with van der Waals surface area (Å²) in [6.07, 6.45) is 0. The van der Waals surface area contributed by atoms with Crippen LogP contribution in [0.5, 0.6) is 5.75 Å². The molecule has 0 amide bonds. The lowest BCUT2D eigenvalue weighted by Crippen LogP contribution is -2.15. The first-order valence-electron chi connectivity index (χ1n) is 7.26. The highest BCUT2D eigenvalue weighted by Gasteiger charge is 2.03. The molecule has 0 unspecified atom stereocenters. The fourth-order valence-corrected chi connectivity index (χ4v) is 2.17. The van der Waals surface area contributed by atoms with Crippen LogP contribution in [0, 0.1) is 6.92 Å². The van der Waals surface area contributed by atoms with E-state index < -0.39 is 0 Å². The van der Waals surface area contributed by atoms with Crippen LogP contribution in [0.2, 0.25) is 0 Å². The van der Waals surface area contributed by atoms with Gasteiger partial charge in [0.05, 0.1) is 6.61 Å². The van der Waals surface area contributed by atoms with Gasteiger partial charge in [0.15, 0.2) is 0 Å². The van der Waals surface area contributed by atoms with E-state index in [1.807, 2.05) is 18.2 Å². The van der Waals surface area contributed by atoms with Crippen molar-refractivity contribution in [1.29, 1.82) is 0 Å². The van der Waals surface area contributed by atoms with Crippen LogP contribution in [0.1, 0.15) is 16.7 Å².